The smallest absolute Gasteiger partial charge is 0.262 e. The first-order chi connectivity index (χ1) is 13.2. The van der Waals surface area contributed by atoms with Gasteiger partial charge in [-0.15, -0.1) is 0 Å². The number of benzene rings is 2. The third-order valence-corrected chi connectivity index (χ3v) is 4.75. The van der Waals surface area contributed by atoms with Crippen molar-refractivity contribution in [2.24, 2.45) is 5.73 Å². The van der Waals surface area contributed by atoms with E-state index in [2.05, 4.69) is 10.2 Å². The van der Waals surface area contributed by atoms with Crippen molar-refractivity contribution in [1.29, 1.82) is 0 Å². The third-order valence-electron chi connectivity index (χ3n) is 4.75. The van der Waals surface area contributed by atoms with Gasteiger partial charge in [-0.05, 0) is 43.7 Å². The molecule has 0 amide bonds. The molecule has 4 aromatic rings. The van der Waals surface area contributed by atoms with Gasteiger partial charge in [0.25, 0.3) is 5.56 Å². The van der Waals surface area contributed by atoms with Gasteiger partial charge in [0.2, 0.25) is 0 Å². The van der Waals surface area contributed by atoms with E-state index in [1.54, 1.807) is 4.57 Å². The summed E-state index contributed by atoms with van der Waals surface area (Å²) in [4.78, 5) is 13.0. The highest BCUT2D eigenvalue weighted by molar-refractivity contribution is 6.04. The zero-order chi connectivity index (χ0) is 18.8. The molecule has 0 fully saturated rings. The number of hydrogen-bond acceptors (Lipinski definition) is 4. The fourth-order valence-corrected chi connectivity index (χ4v) is 3.37. The van der Waals surface area contributed by atoms with Crippen molar-refractivity contribution in [1.82, 2.24) is 14.8 Å². The first-order valence-corrected chi connectivity index (χ1v) is 9.07. The molecule has 0 aliphatic carbocycles. The van der Waals surface area contributed by atoms with Gasteiger partial charge in [-0.3, -0.25) is 9.89 Å². The normalized spacial score (nSPS) is 11.3. The molecular weight excluding hydrogens is 340 g/mol. The lowest BCUT2D eigenvalue weighted by Crippen LogP contribution is -2.22. The van der Waals surface area contributed by atoms with Gasteiger partial charge in [0, 0.05) is 17.6 Å². The molecule has 2 aromatic heterocycles. The fraction of sp³-hybridized carbons (Fsp3) is 0.238. The van der Waals surface area contributed by atoms with Crippen molar-refractivity contribution in [2.75, 3.05) is 6.54 Å². The first-order valence-electron chi connectivity index (χ1n) is 9.07. The van der Waals surface area contributed by atoms with E-state index < -0.39 is 0 Å². The van der Waals surface area contributed by atoms with Crippen LogP contribution in [-0.4, -0.2) is 21.3 Å². The Labute approximate surface area is 156 Å². The average molecular weight is 362 g/mol. The first kappa shape index (κ1) is 17.3. The molecule has 3 N–H and O–H groups in total. The number of H-pyrrole nitrogens is 1. The standard InChI is InChI=1S/C21H22N4O2/c1-14-19-20(24-23-14)17-12-16(27-13-15-6-3-2-4-7-15)8-9-18(17)25(21(19)26)11-5-10-22/h2-4,6-9,12H,5,10-11,13,22H2,1H3,(H,23,24). The van der Waals surface area contributed by atoms with Crippen molar-refractivity contribution in [3.8, 4) is 5.75 Å². The second-order valence-electron chi connectivity index (χ2n) is 6.62. The minimum Gasteiger partial charge on any atom is -0.489 e. The second kappa shape index (κ2) is 7.25. The number of ether oxygens (including phenoxy) is 1. The molecule has 138 valence electrons. The summed E-state index contributed by atoms with van der Waals surface area (Å²) in [5, 5.41) is 8.84. The van der Waals surface area contributed by atoms with Gasteiger partial charge in [-0.1, -0.05) is 30.3 Å². The summed E-state index contributed by atoms with van der Waals surface area (Å²) in [6.07, 6.45) is 0.740. The van der Waals surface area contributed by atoms with E-state index in [1.807, 2.05) is 55.5 Å². The zero-order valence-electron chi connectivity index (χ0n) is 15.2. The van der Waals surface area contributed by atoms with E-state index in [0.717, 1.165) is 34.3 Å². The number of fused-ring (bicyclic) bond motifs is 3. The molecule has 2 heterocycles. The molecule has 27 heavy (non-hydrogen) atoms. The summed E-state index contributed by atoms with van der Waals surface area (Å²) in [7, 11) is 0. The highest BCUT2D eigenvalue weighted by Gasteiger charge is 2.15. The molecule has 2 aromatic carbocycles. The van der Waals surface area contributed by atoms with E-state index in [4.69, 9.17) is 10.5 Å². The molecule has 6 heteroatoms. The Morgan fingerprint density at radius 3 is 2.78 bits per heavy atom. The van der Waals surface area contributed by atoms with Crippen LogP contribution in [-0.2, 0) is 13.2 Å². The molecule has 0 saturated heterocycles. The number of aromatic nitrogens is 3. The number of nitrogens with zero attached hydrogens (tertiary/aromatic N) is 2. The number of aryl methyl sites for hydroxylation is 2. The number of pyridine rings is 1. The van der Waals surface area contributed by atoms with Crippen molar-refractivity contribution in [2.45, 2.75) is 26.5 Å². The van der Waals surface area contributed by atoms with Crippen molar-refractivity contribution < 1.29 is 4.74 Å². The van der Waals surface area contributed by atoms with Crippen LogP contribution in [0.5, 0.6) is 5.75 Å². The van der Waals surface area contributed by atoms with Crippen LogP contribution in [0.3, 0.4) is 0 Å². The van der Waals surface area contributed by atoms with Gasteiger partial charge in [0.15, 0.2) is 0 Å². The number of aromatic amines is 1. The predicted octanol–water partition coefficient (Wildman–Crippen LogP) is 3.11. The molecule has 0 unspecified atom stereocenters. The van der Waals surface area contributed by atoms with E-state index in [0.29, 0.717) is 30.6 Å². The molecule has 0 bridgehead atoms. The van der Waals surface area contributed by atoms with Crippen LogP contribution in [0.25, 0.3) is 21.8 Å². The molecule has 0 atom stereocenters. The van der Waals surface area contributed by atoms with E-state index in [1.165, 1.54) is 0 Å². The molecule has 4 rings (SSSR count). The SMILES string of the molecule is Cc1[nH]nc2c1c(=O)n(CCCN)c1ccc(OCc3ccccc3)cc21. The van der Waals surface area contributed by atoms with Crippen LogP contribution in [0.1, 0.15) is 17.7 Å². The van der Waals surface area contributed by atoms with Crippen molar-refractivity contribution >= 4 is 21.8 Å². The lowest BCUT2D eigenvalue weighted by molar-refractivity contribution is 0.306. The summed E-state index contributed by atoms with van der Waals surface area (Å²) in [6.45, 7) is 3.47. The summed E-state index contributed by atoms with van der Waals surface area (Å²) in [5.41, 5.74) is 9.03. The molecule has 0 radical (unpaired) electrons. The van der Waals surface area contributed by atoms with Gasteiger partial charge in [0.1, 0.15) is 17.9 Å². The quantitative estimate of drug-likeness (QED) is 0.552. The number of rotatable bonds is 6. The van der Waals surface area contributed by atoms with E-state index in [-0.39, 0.29) is 5.56 Å². The molecular formula is C21H22N4O2. The lowest BCUT2D eigenvalue weighted by Gasteiger charge is -2.13. The Balaban J connectivity index is 1.81. The van der Waals surface area contributed by atoms with Crippen LogP contribution in [0, 0.1) is 6.92 Å². The minimum atomic E-state index is -0.0323. The summed E-state index contributed by atoms with van der Waals surface area (Å²) < 4.78 is 7.75. The predicted molar refractivity (Wildman–Crippen MR) is 107 cm³/mol. The Bertz CT molecular complexity index is 1150. The molecule has 0 saturated carbocycles. The van der Waals surface area contributed by atoms with Gasteiger partial charge in [-0.25, -0.2) is 0 Å². The monoisotopic (exact) mass is 362 g/mol. The molecule has 0 aliphatic heterocycles. The van der Waals surface area contributed by atoms with Crippen LogP contribution in [0.2, 0.25) is 0 Å². The van der Waals surface area contributed by atoms with E-state index in [9.17, 15) is 4.79 Å². The molecule has 0 spiro atoms. The van der Waals surface area contributed by atoms with Crippen molar-refractivity contribution in [3.05, 3.63) is 70.1 Å². The number of nitrogens with one attached hydrogen (secondary N) is 1. The van der Waals surface area contributed by atoms with Gasteiger partial charge in [0.05, 0.1) is 10.9 Å². The Morgan fingerprint density at radius 2 is 2.00 bits per heavy atom. The van der Waals surface area contributed by atoms with Crippen LogP contribution >= 0.6 is 0 Å². The van der Waals surface area contributed by atoms with Crippen LogP contribution in [0.15, 0.2) is 53.3 Å². The lowest BCUT2D eigenvalue weighted by atomic mass is 10.1. The van der Waals surface area contributed by atoms with Gasteiger partial charge < -0.3 is 15.0 Å². The highest BCUT2D eigenvalue weighted by atomic mass is 16.5. The maximum absolute atomic E-state index is 13.0. The van der Waals surface area contributed by atoms with Gasteiger partial charge >= 0.3 is 0 Å². The maximum Gasteiger partial charge on any atom is 0.262 e. The number of hydrogen-bond donors (Lipinski definition) is 2. The van der Waals surface area contributed by atoms with Crippen LogP contribution < -0.4 is 16.0 Å². The topological polar surface area (TPSA) is 85.9 Å². The van der Waals surface area contributed by atoms with Crippen molar-refractivity contribution in [3.63, 3.8) is 0 Å². The second-order valence-corrected chi connectivity index (χ2v) is 6.62. The van der Waals surface area contributed by atoms with Crippen LogP contribution in [0.4, 0.5) is 0 Å². The highest BCUT2D eigenvalue weighted by Crippen LogP contribution is 2.27. The third kappa shape index (κ3) is 3.19. The number of nitrogens with two attached hydrogens (primary N) is 1. The summed E-state index contributed by atoms with van der Waals surface area (Å²) in [6, 6.07) is 15.8. The Kier molecular flexibility index (Phi) is 4.64. The Hall–Kier alpha value is -3.12. The molecule has 0 aliphatic rings. The maximum atomic E-state index is 13.0. The summed E-state index contributed by atoms with van der Waals surface area (Å²) in [5.74, 6) is 0.748. The fourth-order valence-electron chi connectivity index (χ4n) is 3.37. The Morgan fingerprint density at radius 1 is 1.19 bits per heavy atom. The van der Waals surface area contributed by atoms with Gasteiger partial charge in [-0.2, -0.15) is 5.10 Å². The summed E-state index contributed by atoms with van der Waals surface area (Å²) >= 11 is 0. The average Bonchev–Trinajstić information content (AvgIpc) is 3.09. The zero-order valence-corrected chi connectivity index (χ0v) is 15.2. The van der Waals surface area contributed by atoms with E-state index >= 15 is 0 Å². The minimum absolute atomic E-state index is 0.0323. The molecule has 6 nitrogen and oxygen atoms in total. The largest absolute Gasteiger partial charge is 0.489 e.